The van der Waals surface area contributed by atoms with Crippen molar-refractivity contribution in [3.05, 3.63) is 0 Å². The van der Waals surface area contributed by atoms with Crippen LogP contribution in [-0.2, 0) is 28.5 Å². The lowest BCUT2D eigenvalue weighted by molar-refractivity contribution is -0.125. The van der Waals surface area contributed by atoms with E-state index in [1.54, 1.807) is 0 Å². The molecule has 0 aromatic rings. The van der Waals surface area contributed by atoms with Crippen molar-refractivity contribution in [2.45, 2.75) is 33.1 Å². The van der Waals surface area contributed by atoms with Crippen LogP contribution in [0.2, 0.25) is 0 Å². The fourth-order valence-corrected chi connectivity index (χ4v) is 1.43. The van der Waals surface area contributed by atoms with Crippen LogP contribution in [0.4, 0.5) is 0 Å². The van der Waals surface area contributed by atoms with Crippen LogP contribution in [0.15, 0.2) is 0 Å². The van der Waals surface area contributed by atoms with Gasteiger partial charge in [0.15, 0.2) is 11.6 Å². The van der Waals surface area contributed by atoms with Gasteiger partial charge in [0, 0.05) is 19.6 Å². The number of hydrogen-bond donors (Lipinski definition) is 0. The van der Waals surface area contributed by atoms with Gasteiger partial charge in [-0.2, -0.15) is 0 Å². The lowest BCUT2D eigenvalue weighted by Gasteiger charge is -2.06. The molecule has 0 aliphatic heterocycles. The van der Waals surface area contributed by atoms with Gasteiger partial charge in [0.25, 0.3) is 0 Å². The minimum atomic E-state index is 0.000640. The van der Waals surface area contributed by atoms with Crippen molar-refractivity contribution in [1.29, 1.82) is 0 Å². The minimum absolute atomic E-state index is 0.000640. The molecule has 6 nitrogen and oxygen atoms in total. The van der Waals surface area contributed by atoms with Gasteiger partial charge in [-0.3, -0.25) is 9.59 Å². The first-order chi connectivity index (χ1) is 10.2. The summed E-state index contributed by atoms with van der Waals surface area (Å²) in [5, 5.41) is 0. The first kappa shape index (κ1) is 20.2. The normalized spacial score (nSPS) is 10.8. The molecule has 0 radical (unpaired) electrons. The summed E-state index contributed by atoms with van der Waals surface area (Å²) in [4.78, 5) is 22.0. The highest BCUT2D eigenvalue weighted by atomic mass is 16.5. The predicted molar refractivity (Wildman–Crippen MR) is 78.5 cm³/mol. The topological polar surface area (TPSA) is 71.1 Å². The lowest BCUT2D eigenvalue weighted by Crippen LogP contribution is -2.14. The molecule has 0 aromatic heterocycles. The molecule has 0 saturated carbocycles. The maximum absolute atomic E-state index is 11.5. The Morgan fingerprint density at radius 1 is 0.762 bits per heavy atom. The number of carbonyl (C=O) groups excluding carboxylic acids is 2. The molecule has 0 rings (SSSR count). The van der Waals surface area contributed by atoms with E-state index in [0.717, 1.165) is 13.0 Å². The Morgan fingerprint density at radius 2 is 1.33 bits per heavy atom. The Bertz CT molecular complexity index is 267. The molecule has 0 aliphatic carbocycles. The van der Waals surface area contributed by atoms with Crippen molar-refractivity contribution in [2.24, 2.45) is 0 Å². The minimum Gasteiger partial charge on any atom is -0.379 e. The van der Waals surface area contributed by atoms with E-state index < -0.39 is 0 Å². The Balaban J connectivity index is 3.17. The van der Waals surface area contributed by atoms with Crippen LogP contribution >= 0.6 is 0 Å². The van der Waals surface area contributed by atoms with Crippen molar-refractivity contribution in [2.75, 3.05) is 52.9 Å². The zero-order chi connectivity index (χ0) is 15.8. The number of carbonyl (C=O) groups is 2. The fourth-order valence-electron chi connectivity index (χ4n) is 1.43. The van der Waals surface area contributed by atoms with Crippen LogP contribution in [0, 0.1) is 0 Å². The summed E-state index contributed by atoms with van der Waals surface area (Å²) in [7, 11) is 0. The molecule has 0 spiro atoms. The van der Waals surface area contributed by atoms with Gasteiger partial charge in [0.2, 0.25) is 0 Å². The number of hydrogen-bond acceptors (Lipinski definition) is 6. The van der Waals surface area contributed by atoms with Gasteiger partial charge >= 0.3 is 0 Å². The van der Waals surface area contributed by atoms with Crippen LogP contribution in [0.5, 0.6) is 0 Å². The van der Waals surface area contributed by atoms with Crippen LogP contribution in [0.3, 0.4) is 0 Å². The first-order valence-electron chi connectivity index (χ1n) is 7.49. The number of ether oxygens (including phenoxy) is 4. The number of ketones is 2. The molecule has 124 valence electrons. The zero-order valence-electron chi connectivity index (χ0n) is 13.2. The Morgan fingerprint density at radius 3 is 1.95 bits per heavy atom. The van der Waals surface area contributed by atoms with Crippen LogP contribution < -0.4 is 0 Å². The fraction of sp³-hybridized carbons (Fsp3) is 0.867. The SMILES string of the molecule is CCCOCCOCC(=O)CCCOCCOCC(C)=O. The van der Waals surface area contributed by atoms with E-state index >= 15 is 0 Å². The second kappa shape index (κ2) is 15.6. The second-order valence-electron chi connectivity index (χ2n) is 4.67. The smallest absolute Gasteiger partial charge is 0.158 e. The number of Topliss-reactive ketones (excluding diaryl/α,β-unsaturated/α-hetero) is 2. The summed E-state index contributed by atoms with van der Waals surface area (Å²) >= 11 is 0. The average Bonchev–Trinajstić information content (AvgIpc) is 2.45. The molecule has 6 heteroatoms. The van der Waals surface area contributed by atoms with E-state index in [9.17, 15) is 9.59 Å². The molecular formula is C15H28O6. The van der Waals surface area contributed by atoms with E-state index in [2.05, 4.69) is 0 Å². The van der Waals surface area contributed by atoms with E-state index in [0.29, 0.717) is 45.9 Å². The maximum atomic E-state index is 11.5. The molecule has 0 fully saturated rings. The molecule has 0 atom stereocenters. The Labute approximate surface area is 127 Å². The molecule has 0 aromatic carbocycles. The molecule has 0 N–H and O–H groups in total. The third-order valence-electron chi connectivity index (χ3n) is 2.41. The van der Waals surface area contributed by atoms with Crippen LogP contribution in [-0.4, -0.2) is 64.4 Å². The summed E-state index contributed by atoms with van der Waals surface area (Å²) in [5.41, 5.74) is 0. The summed E-state index contributed by atoms with van der Waals surface area (Å²) in [5.74, 6) is 0.0719. The highest BCUT2D eigenvalue weighted by Gasteiger charge is 2.02. The maximum Gasteiger partial charge on any atom is 0.158 e. The van der Waals surface area contributed by atoms with E-state index in [1.807, 2.05) is 6.92 Å². The molecule has 0 amide bonds. The Kier molecular flexibility index (Phi) is 15.0. The van der Waals surface area contributed by atoms with Crippen molar-refractivity contribution < 1.29 is 28.5 Å². The van der Waals surface area contributed by atoms with Crippen molar-refractivity contribution >= 4 is 11.6 Å². The third-order valence-corrected chi connectivity index (χ3v) is 2.41. The molecular weight excluding hydrogens is 276 g/mol. The molecule has 0 saturated heterocycles. The van der Waals surface area contributed by atoms with Gasteiger partial charge in [-0.15, -0.1) is 0 Å². The van der Waals surface area contributed by atoms with Crippen molar-refractivity contribution in [3.8, 4) is 0 Å². The number of rotatable bonds is 16. The van der Waals surface area contributed by atoms with E-state index in [1.165, 1.54) is 6.92 Å². The van der Waals surface area contributed by atoms with Gasteiger partial charge < -0.3 is 18.9 Å². The van der Waals surface area contributed by atoms with Crippen molar-refractivity contribution in [1.82, 2.24) is 0 Å². The molecule has 0 unspecified atom stereocenters. The summed E-state index contributed by atoms with van der Waals surface area (Å²) in [6.07, 6.45) is 2.10. The van der Waals surface area contributed by atoms with Gasteiger partial charge in [0.1, 0.15) is 13.2 Å². The second-order valence-corrected chi connectivity index (χ2v) is 4.67. The zero-order valence-corrected chi connectivity index (χ0v) is 13.2. The molecule has 0 heterocycles. The Hall–Kier alpha value is -0.820. The standard InChI is InChI=1S/C15H28O6/c1-3-6-18-8-11-21-13-15(17)5-4-7-19-9-10-20-12-14(2)16/h3-13H2,1-2H3. The van der Waals surface area contributed by atoms with Gasteiger partial charge in [-0.1, -0.05) is 6.92 Å². The molecule has 0 aliphatic rings. The van der Waals surface area contributed by atoms with E-state index in [-0.39, 0.29) is 24.8 Å². The molecule has 21 heavy (non-hydrogen) atoms. The largest absolute Gasteiger partial charge is 0.379 e. The van der Waals surface area contributed by atoms with Crippen molar-refractivity contribution in [3.63, 3.8) is 0 Å². The van der Waals surface area contributed by atoms with Gasteiger partial charge in [0.05, 0.1) is 26.4 Å². The quantitative estimate of drug-likeness (QED) is 0.401. The lowest BCUT2D eigenvalue weighted by atomic mass is 10.2. The highest BCUT2D eigenvalue weighted by Crippen LogP contribution is 1.94. The van der Waals surface area contributed by atoms with Crippen LogP contribution in [0.1, 0.15) is 33.1 Å². The summed E-state index contributed by atoms with van der Waals surface area (Å²) in [6, 6.07) is 0. The van der Waals surface area contributed by atoms with Crippen LogP contribution in [0.25, 0.3) is 0 Å². The average molecular weight is 304 g/mol. The monoisotopic (exact) mass is 304 g/mol. The first-order valence-corrected chi connectivity index (χ1v) is 7.49. The van der Waals surface area contributed by atoms with Gasteiger partial charge in [-0.25, -0.2) is 0 Å². The molecule has 0 bridgehead atoms. The highest BCUT2D eigenvalue weighted by molar-refractivity contribution is 5.79. The van der Waals surface area contributed by atoms with E-state index in [4.69, 9.17) is 18.9 Å². The predicted octanol–water partition coefficient (Wildman–Crippen LogP) is 1.40. The summed E-state index contributed by atoms with van der Waals surface area (Å²) in [6.45, 7) is 6.84. The van der Waals surface area contributed by atoms with Gasteiger partial charge in [-0.05, 0) is 19.8 Å². The third kappa shape index (κ3) is 17.1. The summed E-state index contributed by atoms with van der Waals surface area (Å²) < 4.78 is 20.8.